The Bertz CT molecular complexity index is 563. The molecular weight excluding hydrogens is 287 g/mol. The predicted molar refractivity (Wildman–Crippen MR) is 76.7 cm³/mol. The average molecular weight is 306 g/mol. The zero-order valence-corrected chi connectivity index (χ0v) is 12.2. The molecule has 1 saturated carbocycles. The number of amides is 1. The molecule has 0 unspecified atom stereocenters. The summed E-state index contributed by atoms with van der Waals surface area (Å²) in [5.74, 6) is 0.249. The van der Waals surface area contributed by atoms with E-state index in [9.17, 15) is 9.18 Å². The second kappa shape index (κ2) is 5.46. The quantitative estimate of drug-likeness (QED) is 0.892. The molecule has 0 radical (unpaired) electrons. The van der Waals surface area contributed by atoms with Gasteiger partial charge in [0.1, 0.15) is 0 Å². The first-order valence-electron chi connectivity index (χ1n) is 7.85. The molecule has 1 aromatic rings. The van der Waals surface area contributed by atoms with Gasteiger partial charge in [-0.25, -0.2) is 14.4 Å². The van der Waals surface area contributed by atoms with Gasteiger partial charge in [-0.1, -0.05) is 0 Å². The van der Waals surface area contributed by atoms with Crippen LogP contribution in [0, 0.1) is 17.7 Å². The molecule has 3 heterocycles. The van der Waals surface area contributed by atoms with Crippen molar-refractivity contribution in [2.24, 2.45) is 11.8 Å². The van der Waals surface area contributed by atoms with Crippen LogP contribution in [0.2, 0.25) is 0 Å². The van der Waals surface area contributed by atoms with Gasteiger partial charge >= 0.3 is 0 Å². The van der Waals surface area contributed by atoms with Crippen molar-refractivity contribution in [3.05, 3.63) is 18.2 Å². The van der Waals surface area contributed by atoms with Crippen LogP contribution >= 0.6 is 0 Å². The molecule has 3 atom stereocenters. The molecule has 1 N–H and O–H groups in total. The predicted octanol–water partition coefficient (Wildman–Crippen LogP) is 0.736. The minimum Gasteiger partial charge on any atom is -0.376 e. The number of ether oxygens (including phenoxy) is 1. The van der Waals surface area contributed by atoms with Crippen LogP contribution in [-0.4, -0.2) is 47.7 Å². The highest BCUT2D eigenvalue weighted by Crippen LogP contribution is 2.35. The minimum absolute atomic E-state index is 0.0253. The lowest BCUT2D eigenvalue weighted by molar-refractivity contribution is -0.128. The maximum atomic E-state index is 13.0. The Hall–Kier alpha value is -1.76. The van der Waals surface area contributed by atoms with Crippen molar-refractivity contribution in [1.82, 2.24) is 15.3 Å². The highest BCUT2D eigenvalue weighted by molar-refractivity contribution is 5.80. The van der Waals surface area contributed by atoms with Crippen LogP contribution < -0.4 is 10.2 Å². The standard InChI is InChI=1S/C15H19FN4O2/c16-9-5-17-15(18-6-9)20-7-12(14(21)19-10-1-2-10)11-3-4-22-13(11)8-20/h5-6,10-13H,1-4,7-8H2,(H,19,21)/t11-,12-,13+/m1/s1. The number of halogens is 1. The van der Waals surface area contributed by atoms with E-state index in [4.69, 9.17) is 4.74 Å². The van der Waals surface area contributed by atoms with Crippen LogP contribution in [0.25, 0.3) is 0 Å². The van der Waals surface area contributed by atoms with Crippen LogP contribution in [0.1, 0.15) is 19.3 Å². The lowest BCUT2D eigenvalue weighted by atomic mass is 9.82. The molecule has 1 aliphatic carbocycles. The highest BCUT2D eigenvalue weighted by atomic mass is 19.1. The normalized spacial score (nSPS) is 31.0. The number of piperidine rings is 1. The topological polar surface area (TPSA) is 67.4 Å². The summed E-state index contributed by atoms with van der Waals surface area (Å²) < 4.78 is 18.8. The van der Waals surface area contributed by atoms with Gasteiger partial charge in [0.05, 0.1) is 24.4 Å². The van der Waals surface area contributed by atoms with Crippen LogP contribution in [0.5, 0.6) is 0 Å². The highest BCUT2D eigenvalue weighted by Gasteiger charge is 2.45. The van der Waals surface area contributed by atoms with E-state index in [1.807, 2.05) is 4.90 Å². The number of nitrogens with zero attached hydrogens (tertiary/aromatic N) is 3. The smallest absolute Gasteiger partial charge is 0.225 e. The summed E-state index contributed by atoms with van der Waals surface area (Å²) in [6.45, 7) is 1.92. The SMILES string of the molecule is O=C(NC1CC1)[C@@H]1CN(c2ncc(F)cn2)C[C@@H]2OCC[C@@H]21. The maximum absolute atomic E-state index is 13.0. The number of hydrogen-bond acceptors (Lipinski definition) is 5. The summed E-state index contributed by atoms with van der Waals surface area (Å²) in [5.41, 5.74) is 0. The fourth-order valence-corrected chi connectivity index (χ4v) is 3.42. The van der Waals surface area contributed by atoms with Crippen molar-refractivity contribution in [2.75, 3.05) is 24.6 Å². The van der Waals surface area contributed by atoms with Crippen molar-refractivity contribution in [3.8, 4) is 0 Å². The second-order valence-electron chi connectivity index (χ2n) is 6.36. The monoisotopic (exact) mass is 306 g/mol. The van der Waals surface area contributed by atoms with Gasteiger partial charge in [-0.05, 0) is 19.3 Å². The van der Waals surface area contributed by atoms with Gasteiger partial charge in [0.25, 0.3) is 0 Å². The largest absolute Gasteiger partial charge is 0.376 e. The zero-order chi connectivity index (χ0) is 15.1. The fourth-order valence-electron chi connectivity index (χ4n) is 3.42. The molecule has 118 valence electrons. The second-order valence-corrected chi connectivity index (χ2v) is 6.36. The molecule has 0 spiro atoms. The number of carbonyl (C=O) groups is 1. The van der Waals surface area contributed by atoms with Crippen LogP contribution in [-0.2, 0) is 9.53 Å². The summed E-state index contributed by atoms with van der Waals surface area (Å²) in [6.07, 6.45) is 5.41. The summed E-state index contributed by atoms with van der Waals surface area (Å²) in [6, 6.07) is 0.353. The Morgan fingerprint density at radius 2 is 2.05 bits per heavy atom. The van der Waals surface area contributed by atoms with Gasteiger partial charge in [0.2, 0.25) is 11.9 Å². The number of fused-ring (bicyclic) bond motifs is 1. The molecule has 3 fully saturated rings. The first-order chi connectivity index (χ1) is 10.7. The van der Waals surface area contributed by atoms with Gasteiger partial charge in [-0.2, -0.15) is 0 Å². The van der Waals surface area contributed by atoms with Crippen LogP contribution in [0.15, 0.2) is 12.4 Å². The molecule has 6 nitrogen and oxygen atoms in total. The third-order valence-corrected chi connectivity index (χ3v) is 4.74. The molecule has 2 saturated heterocycles. The van der Waals surface area contributed by atoms with Gasteiger partial charge in [-0.15, -0.1) is 0 Å². The summed E-state index contributed by atoms with van der Waals surface area (Å²) in [7, 11) is 0. The Morgan fingerprint density at radius 3 is 2.77 bits per heavy atom. The Kier molecular flexibility index (Phi) is 3.44. The number of carbonyl (C=O) groups excluding carboxylic acids is 1. The molecule has 22 heavy (non-hydrogen) atoms. The first-order valence-corrected chi connectivity index (χ1v) is 7.85. The fraction of sp³-hybridized carbons (Fsp3) is 0.667. The zero-order valence-electron chi connectivity index (χ0n) is 12.2. The molecule has 1 aromatic heterocycles. The van der Waals surface area contributed by atoms with Gasteiger partial charge in [0.15, 0.2) is 5.82 Å². The molecule has 0 bridgehead atoms. The molecule has 3 aliphatic rings. The third-order valence-electron chi connectivity index (χ3n) is 4.74. The van der Waals surface area contributed by atoms with E-state index < -0.39 is 5.82 Å². The Labute approximate surface area is 128 Å². The van der Waals surface area contributed by atoms with Crippen molar-refractivity contribution in [3.63, 3.8) is 0 Å². The van der Waals surface area contributed by atoms with E-state index in [0.29, 0.717) is 31.7 Å². The molecule has 0 aromatic carbocycles. The van der Waals surface area contributed by atoms with Crippen molar-refractivity contribution in [2.45, 2.75) is 31.4 Å². The molecule has 1 amide bonds. The maximum Gasteiger partial charge on any atom is 0.225 e. The lowest BCUT2D eigenvalue weighted by Gasteiger charge is -2.39. The molecular formula is C15H19FN4O2. The van der Waals surface area contributed by atoms with Gasteiger partial charge in [0, 0.05) is 31.7 Å². The third kappa shape index (κ3) is 2.65. The number of rotatable bonds is 3. The number of anilines is 1. The van der Waals surface area contributed by atoms with Gasteiger partial charge < -0.3 is 15.0 Å². The van der Waals surface area contributed by atoms with E-state index in [1.165, 1.54) is 0 Å². The van der Waals surface area contributed by atoms with Crippen LogP contribution in [0.4, 0.5) is 10.3 Å². The average Bonchev–Trinajstić information content (AvgIpc) is 3.20. The van der Waals surface area contributed by atoms with E-state index >= 15 is 0 Å². The van der Waals surface area contributed by atoms with Crippen LogP contribution in [0.3, 0.4) is 0 Å². The Morgan fingerprint density at radius 1 is 1.27 bits per heavy atom. The Balaban J connectivity index is 1.54. The molecule has 4 rings (SSSR count). The minimum atomic E-state index is -0.459. The molecule has 7 heteroatoms. The number of hydrogen-bond donors (Lipinski definition) is 1. The van der Waals surface area contributed by atoms with Gasteiger partial charge in [-0.3, -0.25) is 4.79 Å². The number of aromatic nitrogens is 2. The van der Waals surface area contributed by atoms with E-state index in [2.05, 4.69) is 15.3 Å². The summed E-state index contributed by atoms with van der Waals surface area (Å²) in [5, 5.41) is 3.10. The summed E-state index contributed by atoms with van der Waals surface area (Å²) in [4.78, 5) is 22.5. The van der Waals surface area contributed by atoms with Crippen molar-refractivity contribution >= 4 is 11.9 Å². The summed E-state index contributed by atoms with van der Waals surface area (Å²) >= 11 is 0. The van der Waals surface area contributed by atoms with E-state index in [0.717, 1.165) is 31.7 Å². The number of nitrogens with one attached hydrogen (secondary N) is 1. The van der Waals surface area contributed by atoms with E-state index in [1.54, 1.807) is 0 Å². The molecule has 2 aliphatic heterocycles. The van der Waals surface area contributed by atoms with Crippen molar-refractivity contribution in [1.29, 1.82) is 0 Å². The lowest BCUT2D eigenvalue weighted by Crippen LogP contribution is -2.53. The van der Waals surface area contributed by atoms with E-state index in [-0.39, 0.29) is 23.8 Å². The van der Waals surface area contributed by atoms with Crippen molar-refractivity contribution < 1.29 is 13.9 Å². The first kappa shape index (κ1) is 13.9.